The number of aliphatic hydroxyl groups is 1. The maximum absolute atomic E-state index is 12.0. The molecular weight excluding hydrogens is 326 g/mol. The van der Waals surface area contributed by atoms with Gasteiger partial charge in [-0.3, -0.25) is 4.79 Å². The average molecular weight is 351 g/mol. The van der Waals surface area contributed by atoms with Gasteiger partial charge in [0.05, 0.1) is 26.9 Å². The number of methoxy groups -OCH3 is 3. The van der Waals surface area contributed by atoms with E-state index in [0.29, 0.717) is 43.3 Å². The van der Waals surface area contributed by atoms with Crippen LogP contribution in [0.25, 0.3) is 6.08 Å². The molecule has 1 heterocycles. The van der Waals surface area contributed by atoms with E-state index in [-0.39, 0.29) is 12.5 Å². The first-order valence-electron chi connectivity index (χ1n) is 8.07. The van der Waals surface area contributed by atoms with Crippen LogP contribution >= 0.6 is 0 Å². The molecule has 1 amide bonds. The van der Waals surface area contributed by atoms with Crippen molar-refractivity contribution < 1.29 is 28.8 Å². The molecule has 0 spiro atoms. The zero-order valence-corrected chi connectivity index (χ0v) is 14.8. The fourth-order valence-corrected chi connectivity index (χ4v) is 2.61. The van der Waals surface area contributed by atoms with E-state index < -0.39 is 5.60 Å². The van der Waals surface area contributed by atoms with Gasteiger partial charge in [0.2, 0.25) is 11.7 Å². The minimum atomic E-state index is -0.895. The van der Waals surface area contributed by atoms with Crippen LogP contribution in [0.4, 0.5) is 0 Å². The molecule has 7 heteroatoms. The van der Waals surface area contributed by atoms with Gasteiger partial charge in [-0.25, -0.2) is 0 Å². The normalized spacial score (nSPS) is 16.5. The largest absolute Gasteiger partial charge is 0.493 e. The highest BCUT2D eigenvalue weighted by molar-refractivity contribution is 5.92. The number of benzene rings is 1. The summed E-state index contributed by atoms with van der Waals surface area (Å²) < 4.78 is 21.0. The highest BCUT2D eigenvalue weighted by atomic mass is 16.5. The van der Waals surface area contributed by atoms with Crippen molar-refractivity contribution in [3.63, 3.8) is 0 Å². The number of amides is 1. The Morgan fingerprint density at radius 3 is 2.32 bits per heavy atom. The zero-order valence-electron chi connectivity index (χ0n) is 14.8. The van der Waals surface area contributed by atoms with Crippen LogP contribution in [-0.4, -0.2) is 57.7 Å². The molecule has 1 fully saturated rings. The summed E-state index contributed by atoms with van der Waals surface area (Å²) >= 11 is 0. The topological polar surface area (TPSA) is 86.3 Å². The molecule has 0 radical (unpaired) electrons. The van der Waals surface area contributed by atoms with Crippen molar-refractivity contribution in [2.24, 2.45) is 0 Å². The molecule has 7 nitrogen and oxygen atoms in total. The van der Waals surface area contributed by atoms with Gasteiger partial charge in [-0.1, -0.05) is 0 Å². The zero-order chi connectivity index (χ0) is 18.3. The molecular formula is C18H25NO6. The van der Waals surface area contributed by atoms with E-state index in [2.05, 4.69) is 5.32 Å². The van der Waals surface area contributed by atoms with Crippen LogP contribution < -0.4 is 19.5 Å². The quantitative estimate of drug-likeness (QED) is 0.722. The van der Waals surface area contributed by atoms with Crippen LogP contribution in [0.2, 0.25) is 0 Å². The first kappa shape index (κ1) is 19.1. The highest BCUT2D eigenvalue weighted by Crippen LogP contribution is 2.38. The number of nitrogens with one attached hydrogen (secondary N) is 1. The summed E-state index contributed by atoms with van der Waals surface area (Å²) in [5, 5.41) is 13.1. The standard InChI is InChI=1S/C18H25NO6/c1-22-14-10-13(11-15(23-2)17(14)24-3)4-5-16(20)19-12-18(21)6-8-25-9-7-18/h4-5,10-11,21H,6-9,12H2,1-3H3,(H,19,20)/b5-4+. The van der Waals surface area contributed by atoms with Crippen molar-refractivity contribution in [3.8, 4) is 17.2 Å². The molecule has 2 N–H and O–H groups in total. The molecule has 1 aliphatic heterocycles. The van der Waals surface area contributed by atoms with Crippen LogP contribution in [0, 0.1) is 0 Å². The summed E-state index contributed by atoms with van der Waals surface area (Å²) in [5.74, 6) is 1.24. The number of hydrogen-bond acceptors (Lipinski definition) is 6. The molecule has 1 aliphatic rings. The summed E-state index contributed by atoms with van der Waals surface area (Å²) in [4.78, 5) is 12.0. The van der Waals surface area contributed by atoms with E-state index in [9.17, 15) is 9.90 Å². The lowest BCUT2D eigenvalue weighted by Gasteiger charge is -2.31. The van der Waals surface area contributed by atoms with E-state index >= 15 is 0 Å². The molecule has 0 aliphatic carbocycles. The second kappa shape index (κ2) is 8.73. The lowest BCUT2D eigenvalue weighted by Crippen LogP contribution is -2.46. The Morgan fingerprint density at radius 1 is 1.20 bits per heavy atom. The molecule has 0 aromatic heterocycles. The Hall–Kier alpha value is -2.25. The van der Waals surface area contributed by atoms with E-state index in [4.69, 9.17) is 18.9 Å². The predicted molar refractivity (Wildman–Crippen MR) is 93.1 cm³/mol. The van der Waals surface area contributed by atoms with E-state index in [1.54, 1.807) is 18.2 Å². The van der Waals surface area contributed by atoms with Crippen molar-refractivity contribution in [1.82, 2.24) is 5.32 Å². The molecule has 0 saturated carbocycles. The van der Waals surface area contributed by atoms with Gasteiger partial charge >= 0.3 is 0 Å². The molecule has 1 aromatic carbocycles. The first-order valence-corrected chi connectivity index (χ1v) is 8.07. The highest BCUT2D eigenvalue weighted by Gasteiger charge is 2.29. The van der Waals surface area contributed by atoms with Gasteiger partial charge in [0.25, 0.3) is 0 Å². The maximum Gasteiger partial charge on any atom is 0.244 e. The molecule has 0 unspecified atom stereocenters. The Balaban J connectivity index is 2.01. The summed E-state index contributed by atoms with van der Waals surface area (Å²) in [6, 6.07) is 3.49. The lowest BCUT2D eigenvalue weighted by molar-refractivity contribution is -0.119. The monoisotopic (exact) mass is 351 g/mol. The summed E-state index contributed by atoms with van der Waals surface area (Å²) in [5.41, 5.74) is -0.164. The molecule has 2 rings (SSSR count). The Labute approximate surface area is 147 Å². The predicted octanol–water partition coefficient (Wildman–Crippen LogP) is 1.38. The summed E-state index contributed by atoms with van der Waals surface area (Å²) in [6.45, 7) is 1.22. The molecule has 25 heavy (non-hydrogen) atoms. The van der Waals surface area contributed by atoms with E-state index in [1.165, 1.54) is 27.4 Å². The Bertz CT molecular complexity index is 597. The van der Waals surface area contributed by atoms with Crippen LogP contribution in [0.1, 0.15) is 18.4 Å². The third-order valence-corrected chi connectivity index (χ3v) is 4.13. The SMILES string of the molecule is COc1cc(/C=C/C(=O)NCC2(O)CCOCC2)cc(OC)c1OC. The van der Waals surface area contributed by atoms with Crippen molar-refractivity contribution in [2.45, 2.75) is 18.4 Å². The fraction of sp³-hybridized carbons (Fsp3) is 0.500. The summed E-state index contributed by atoms with van der Waals surface area (Å²) in [6.07, 6.45) is 4.09. The van der Waals surface area contributed by atoms with Gasteiger partial charge in [-0.2, -0.15) is 0 Å². The Kier molecular flexibility index (Phi) is 6.66. The van der Waals surface area contributed by atoms with Gasteiger partial charge in [0, 0.05) is 38.7 Å². The number of carbonyl (C=O) groups excluding carboxylic acids is 1. The molecule has 0 bridgehead atoms. The van der Waals surface area contributed by atoms with Crippen LogP contribution in [-0.2, 0) is 9.53 Å². The van der Waals surface area contributed by atoms with Crippen molar-refractivity contribution in [1.29, 1.82) is 0 Å². The number of hydrogen-bond donors (Lipinski definition) is 2. The first-order chi connectivity index (χ1) is 12.0. The molecule has 138 valence electrons. The van der Waals surface area contributed by atoms with Gasteiger partial charge in [0.1, 0.15) is 0 Å². The van der Waals surface area contributed by atoms with Gasteiger partial charge in [-0.15, -0.1) is 0 Å². The van der Waals surface area contributed by atoms with Crippen LogP contribution in [0.15, 0.2) is 18.2 Å². The molecule has 1 saturated heterocycles. The van der Waals surface area contributed by atoms with Gasteiger partial charge in [0.15, 0.2) is 11.5 Å². The number of ether oxygens (including phenoxy) is 4. The van der Waals surface area contributed by atoms with Gasteiger partial charge < -0.3 is 29.4 Å². The number of carbonyl (C=O) groups is 1. The third kappa shape index (κ3) is 5.11. The fourth-order valence-electron chi connectivity index (χ4n) is 2.61. The second-order valence-electron chi connectivity index (χ2n) is 5.85. The average Bonchev–Trinajstić information content (AvgIpc) is 2.64. The van der Waals surface area contributed by atoms with Crippen molar-refractivity contribution in [2.75, 3.05) is 41.1 Å². The molecule has 1 aromatic rings. The summed E-state index contributed by atoms with van der Waals surface area (Å²) in [7, 11) is 4.60. The van der Waals surface area contributed by atoms with Gasteiger partial charge in [-0.05, 0) is 23.8 Å². The smallest absolute Gasteiger partial charge is 0.244 e. The van der Waals surface area contributed by atoms with E-state index in [0.717, 1.165) is 5.56 Å². The third-order valence-electron chi connectivity index (χ3n) is 4.13. The lowest BCUT2D eigenvalue weighted by atomic mass is 9.94. The van der Waals surface area contributed by atoms with Crippen LogP contribution in [0.3, 0.4) is 0 Å². The maximum atomic E-state index is 12.0. The molecule has 0 atom stereocenters. The van der Waals surface area contributed by atoms with Crippen molar-refractivity contribution >= 4 is 12.0 Å². The van der Waals surface area contributed by atoms with Crippen LogP contribution in [0.5, 0.6) is 17.2 Å². The number of rotatable bonds is 7. The second-order valence-corrected chi connectivity index (χ2v) is 5.85. The minimum absolute atomic E-state index is 0.203. The Morgan fingerprint density at radius 2 is 1.80 bits per heavy atom. The van der Waals surface area contributed by atoms with E-state index in [1.807, 2.05) is 0 Å². The minimum Gasteiger partial charge on any atom is -0.493 e. The van der Waals surface area contributed by atoms with Crippen molar-refractivity contribution in [3.05, 3.63) is 23.8 Å².